The summed E-state index contributed by atoms with van der Waals surface area (Å²) in [5.74, 6) is 0.407. The van der Waals surface area contributed by atoms with Gasteiger partial charge in [0.1, 0.15) is 0 Å². The first kappa shape index (κ1) is 20.0. The Bertz CT molecular complexity index is 999. The summed E-state index contributed by atoms with van der Waals surface area (Å²) in [7, 11) is -1.48. The molecule has 0 aromatic heterocycles. The van der Waals surface area contributed by atoms with E-state index >= 15 is 0 Å². The topological polar surface area (TPSA) is 83.8 Å². The highest BCUT2D eigenvalue weighted by atomic mass is 32.2. The number of fused-ring (bicyclic) bond motifs is 1. The first-order valence-corrected chi connectivity index (χ1v) is 11.3. The molecule has 1 unspecified atom stereocenters. The molecule has 29 heavy (non-hydrogen) atoms. The third-order valence-corrected chi connectivity index (χ3v) is 8.13. The van der Waals surface area contributed by atoms with E-state index in [4.69, 9.17) is 0 Å². The standard InChI is InChI=1S/C21H25N3O4S/c1-22-13-10-16-4-2-3-5-20(16)21(22)17-11-14-23(15-12-17)29(27,28)19-8-6-18(7-9-19)24(25)26/h2-9,17,21H,10-15H2,1H3. The minimum absolute atomic E-state index is 0.110. The van der Waals surface area contributed by atoms with Crippen molar-refractivity contribution in [2.24, 2.45) is 5.92 Å². The van der Waals surface area contributed by atoms with E-state index in [1.54, 1.807) is 0 Å². The molecule has 8 heteroatoms. The number of benzene rings is 2. The second-order valence-electron chi connectivity index (χ2n) is 7.87. The predicted molar refractivity (Wildman–Crippen MR) is 110 cm³/mol. The largest absolute Gasteiger partial charge is 0.299 e. The van der Waals surface area contributed by atoms with Crippen molar-refractivity contribution in [3.8, 4) is 0 Å². The number of hydrogen-bond acceptors (Lipinski definition) is 5. The van der Waals surface area contributed by atoms with Crippen LogP contribution in [0.4, 0.5) is 5.69 Å². The Morgan fingerprint density at radius 3 is 2.31 bits per heavy atom. The van der Waals surface area contributed by atoms with Crippen molar-refractivity contribution in [3.05, 3.63) is 69.8 Å². The summed E-state index contributed by atoms with van der Waals surface area (Å²) in [6.07, 6.45) is 2.65. The maximum Gasteiger partial charge on any atom is 0.269 e. The third kappa shape index (κ3) is 3.80. The first-order chi connectivity index (χ1) is 13.9. The van der Waals surface area contributed by atoms with Gasteiger partial charge in [-0.25, -0.2) is 8.42 Å². The molecule has 0 saturated carbocycles. The molecule has 2 aromatic rings. The molecule has 0 bridgehead atoms. The molecule has 1 saturated heterocycles. The second kappa shape index (κ2) is 7.85. The Morgan fingerprint density at radius 1 is 1.00 bits per heavy atom. The molecule has 0 amide bonds. The number of nitro groups is 1. The first-order valence-electron chi connectivity index (χ1n) is 9.90. The van der Waals surface area contributed by atoms with Crippen molar-refractivity contribution in [1.82, 2.24) is 9.21 Å². The van der Waals surface area contributed by atoms with Gasteiger partial charge in [-0.2, -0.15) is 4.31 Å². The molecule has 4 rings (SSSR count). The van der Waals surface area contributed by atoms with Crippen LogP contribution in [0.2, 0.25) is 0 Å². The molecular weight excluding hydrogens is 390 g/mol. The van der Waals surface area contributed by atoms with E-state index in [2.05, 4.69) is 36.2 Å². The number of nitrogens with zero attached hydrogens (tertiary/aromatic N) is 3. The van der Waals surface area contributed by atoms with Gasteiger partial charge in [-0.15, -0.1) is 0 Å². The van der Waals surface area contributed by atoms with Gasteiger partial charge in [0.05, 0.1) is 9.82 Å². The van der Waals surface area contributed by atoms with Crippen LogP contribution in [0.5, 0.6) is 0 Å². The van der Waals surface area contributed by atoms with Crippen LogP contribution in [-0.4, -0.2) is 49.2 Å². The fourth-order valence-corrected chi connectivity index (χ4v) is 6.13. The number of hydrogen-bond donors (Lipinski definition) is 0. The Kier molecular flexibility index (Phi) is 5.42. The average molecular weight is 416 g/mol. The molecule has 7 nitrogen and oxygen atoms in total. The Morgan fingerprint density at radius 2 is 1.66 bits per heavy atom. The van der Waals surface area contributed by atoms with Crippen molar-refractivity contribution in [1.29, 1.82) is 0 Å². The summed E-state index contributed by atoms with van der Waals surface area (Å²) in [5.41, 5.74) is 2.66. The molecule has 0 spiro atoms. The molecular formula is C21H25N3O4S. The molecule has 154 valence electrons. The summed E-state index contributed by atoms with van der Waals surface area (Å²) in [5, 5.41) is 10.8. The lowest BCUT2D eigenvalue weighted by molar-refractivity contribution is -0.384. The molecule has 2 aromatic carbocycles. The highest BCUT2D eigenvalue weighted by molar-refractivity contribution is 7.89. The van der Waals surface area contributed by atoms with Crippen LogP contribution in [0.3, 0.4) is 0 Å². The van der Waals surface area contributed by atoms with E-state index < -0.39 is 14.9 Å². The number of non-ortho nitro benzene ring substituents is 1. The minimum Gasteiger partial charge on any atom is -0.299 e. The normalized spacial score (nSPS) is 21.6. The monoisotopic (exact) mass is 415 g/mol. The molecule has 0 N–H and O–H groups in total. The highest BCUT2D eigenvalue weighted by Crippen LogP contribution is 2.39. The summed E-state index contributed by atoms with van der Waals surface area (Å²) in [6, 6.07) is 14.0. The zero-order valence-electron chi connectivity index (χ0n) is 16.4. The lowest BCUT2D eigenvalue weighted by atomic mass is 9.80. The van der Waals surface area contributed by atoms with Crippen LogP contribution in [0.15, 0.2) is 53.4 Å². The van der Waals surface area contributed by atoms with E-state index in [0.29, 0.717) is 25.0 Å². The van der Waals surface area contributed by atoms with Crippen LogP contribution >= 0.6 is 0 Å². The lowest BCUT2D eigenvalue weighted by Crippen LogP contribution is -2.44. The van der Waals surface area contributed by atoms with Gasteiger partial charge in [0.2, 0.25) is 10.0 Å². The van der Waals surface area contributed by atoms with Crippen molar-refractivity contribution in [3.63, 3.8) is 0 Å². The lowest BCUT2D eigenvalue weighted by Gasteiger charge is -2.42. The molecule has 2 aliphatic heterocycles. The van der Waals surface area contributed by atoms with Crippen molar-refractivity contribution in [2.75, 3.05) is 26.7 Å². The molecule has 0 aliphatic carbocycles. The quantitative estimate of drug-likeness (QED) is 0.565. The van der Waals surface area contributed by atoms with E-state index in [1.807, 2.05) is 0 Å². The molecule has 1 atom stereocenters. The number of nitro benzene ring substituents is 1. The van der Waals surface area contributed by atoms with Gasteiger partial charge in [0.15, 0.2) is 0 Å². The molecule has 2 heterocycles. The Balaban J connectivity index is 1.49. The Hall–Kier alpha value is -2.29. The average Bonchev–Trinajstić information content (AvgIpc) is 2.74. The maximum absolute atomic E-state index is 13.0. The van der Waals surface area contributed by atoms with Crippen LogP contribution in [0.25, 0.3) is 0 Å². The number of piperidine rings is 1. The smallest absolute Gasteiger partial charge is 0.269 e. The van der Waals surface area contributed by atoms with E-state index in [0.717, 1.165) is 25.8 Å². The summed E-state index contributed by atoms with van der Waals surface area (Å²) in [4.78, 5) is 12.8. The van der Waals surface area contributed by atoms with Crippen LogP contribution < -0.4 is 0 Å². The SMILES string of the molecule is CN1CCc2ccccc2C1C1CCN(S(=O)(=O)c2ccc([N+](=O)[O-])cc2)CC1. The zero-order chi connectivity index (χ0) is 20.6. The Labute approximate surface area is 171 Å². The van der Waals surface area contributed by atoms with Gasteiger partial charge in [0, 0.05) is 37.8 Å². The fourth-order valence-electron chi connectivity index (χ4n) is 4.66. The van der Waals surface area contributed by atoms with Crippen LogP contribution in [0, 0.1) is 16.0 Å². The van der Waals surface area contributed by atoms with Gasteiger partial charge in [-0.05, 0) is 55.5 Å². The third-order valence-electron chi connectivity index (χ3n) is 6.21. The van der Waals surface area contributed by atoms with Gasteiger partial charge in [-0.1, -0.05) is 24.3 Å². The summed E-state index contributed by atoms with van der Waals surface area (Å²) in [6.45, 7) is 1.95. The van der Waals surface area contributed by atoms with E-state index in [1.165, 1.54) is 39.7 Å². The van der Waals surface area contributed by atoms with Crippen molar-refractivity contribution < 1.29 is 13.3 Å². The van der Waals surface area contributed by atoms with E-state index in [9.17, 15) is 18.5 Å². The highest BCUT2D eigenvalue weighted by Gasteiger charge is 2.36. The van der Waals surface area contributed by atoms with Gasteiger partial charge in [0.25, 0.3) is 5.69 Å². The fraction of sp³-hybridized carbons (Fsp3) is 0.429. The predicted octanol–water partition coefficient (Wildman–Crippen LogP) is 3.22. The van der Waals surface area contributed by atoms with Crippen LogP contribution in [-0.2, 0) is 16.4 Å². The summed E-state index contributed by atoms with van der Waals surface area (Å²) < 4.78 is 27.4. The minimum atomic E-state index is -3.64. The van der Waals surface area contributed by atoms with Crippen molar-refractivity contribution >= 4 is 15.7 Å². The maximum atomic E-state index is 13.0. The molecule has 0 radical (unpaired) electrons. The van der Waals surface area contributed by atoms with Gasteiger partial charge in [-0.3, -0.25) is 15.0 Å². The summed E-state index contributed by atoms with van der Waals surface area (Å²) >= 11 is 0. The second-order valence-corrected chi connectivity index (χ2v) is 9.80. The number of sulfonamides is 1. The molecule has 2 aliphatic rings. The van der Waals surface area contributed by atoms with E-state index in [-0.39, 0.29) is 10.6 Å². The van der Waals surface area contributed by atoms with Crippen LogP contribution in [0.1, 0.15) is 30.0 Å². The van der Waals surface area contributed by atoms with Gasteiger partial charge < -0.3 is 0 Å². The number of rotatable bonds is 4. The van der Waals surface area contributed by atoms with Crippen molar-refractivity contribution in [2.45, 2.75) is 30.2 Å². The molecule has 1 fully saturated rings. The zero-order valence-corrected chi connectivity index (χ0v) is 17.2. The van der Waals surface area contributed by atoms with Gasteiger partial charge >= 0.3 is 0 Å². The number of likely N-dealkylation sites (N-methyl/N-ethyl adjacent to an activating group) is 1.